The maximum Gasteiger partial charge on any atom is 0.0574 e. The van der Waals surface area contributed by atoms with Crippen LogP contribution in [0.15, 0.2) is 0 Å². The van der Waals surface area contributed by atoms with Gasteiger partial charge in [-0.25, -0.2) is 0 Å². The van der Waals surface area contributed by atoms with Crippen molar-refractivity contribution in [1.82, 2.24) is 0 Å². The van der Waals surface area contributed by atoms with E-state index in [0.717, 1.165) is 25.7 Å². The fourth-order valence-corrected chi connectivity index (χ4v) is 1.34. The van der Waals surface area contributed by atoms with E-state index >= 15 is 0 Å². The molecular weight excluding hydrogens is 148 g/mol. The van der Waals surface area contributed by atoms with Crippen molar-refractivity contribution in [3.05, 3.63) is 6.92 Å². The molecule has 0 heterocycles. The van der Waals surface area contributed by atoms with Crippen LogP contribution < -0.4 is 0 Å². The number of hydrogen-bond acceptors (Lipinski definition) is 1. The van der Waals surface area contributed by atoms with Crippen LogP contribution >= 0.6 is 0 Å². The van der Waals surface area contributed by atoms with Gasteiger partial charge in [-0.05, 0) is 18.8 Å². The van der Waals surface area contributed by atoms with Crippen LogP contribution in [0.2, 0.25) is 0 Å². The summed E-state index contributed by atoms with van der Waals surface area (Å²) in [6.07, 6.45) is 3.59. The van der Waals surface area contributed by atoms with Crippen molar-refractivity contribution in [2.75, 3.05) is 0 Å². The first-order valence-corrected chi connectivity index (χ1v) is 4.69. The fraction of sp³-hybridized carbons (Fsp3) is 0.727. The lowest BCUT2D eigenvalue weighted by Gasteiger charge is -2.18. The Morgan fingerprint density at radius 2 is 2.08 bits per heavy atom. The van der Waals surface area contributed by atoms with Gasteiger partial charge in [0.15, 0.2) is 0 Å². The molecule has 0 aliphatic heterocycles. The van der Waals surface area contributed by atoms with Crippen LogP contribution in [0, 0.1) is 24.7 Å². The molecule has 1 heteroatoms. The standard InChI is InChI=1S/C11H19O/c1-4-7-9-10(8-5-2)11(12)6-3/h10-12H,1,5-6,8-9H2,2-3H3. The van der Waals surface area contributed by atoms with Gasteiger partial charge >= 0.3 is 0 Å². The summed E-state index contributed by atoms with van der Waals surface area (Å²) in [5, 5.41) is 9.59. The minimum Gasteiger partial charge on any atom is -0.393 e. The molecule has 0 aromatic carbocycles. The highest BCUT2D eigenvalue weighted by molar-refractivity contribution is 5.02. The van der Waals surface area contributed by atoms with Crippen molar-refractivity contribution in [3.63, 3.8) is 0 Å². The molecular formula is C11H19O. The van der Waals surface area contributed by atoms with Gasteiger partial charge in [0.2, 0.25) is 0 Å². The highest BCUT2D eigenvalue weighted by atomic mass is 16.3. The molecule has 0 fully saturated rings. The second-order valence-corrected chi connectivity index (χ2v) is 3.08. The van der Waals surface area contributed by atoms with Crippen LogP contribution in [0.4, 0.5) is 0 Å². The predicted molar refractivity (Wildman–Crippen MR) is 52.4 cm³/mol. The molecule has 0 saturated heterocycles. The first-order chi connectivity index (χ1) is 5.76. The lowest BCUT2D eigenvalue weighted by molar-refractivity contribution is 0.100. The molecule has 69 valence electrons. The minimum atomic E-state index is -0.189. The van der Waals surface area contributed by atoms with Crippen LogP contribution in [-0.2, 0) is 0 Å². The molecule has 1 N–H and O–H groups in total. The van der Waals surface area contributed by atoms with E-state index < -0.39 is 0 Å². The molecule has 0 rings (SSSR count). The summed E-state index contributed by atoms with van der Waals surface area (Å²) in [5.74, 6) is 5.89. The van der Waals surface area contributed by atoms with Gasteiger partial charge in [0.1, 0.15) is 0 Å². The molecule has 2 atom stereocenters. The van der Waals surface area contributed by atoms with Gasteiger partial charge in [-0.1, -0.05) is 20.3 Å². The third kappa shape index (κ3) is 4.41. The smallest absolute Gasteiger partial charge is 0.0574 e. The van der Waals surface area contributed by atoms with Crippen molar-refractivity contribution in [1.29, 1.82) is 0 Å². The van der Waals surface area contributed by atoms with Crippen molar-refractivity contribution in [3.8, 4) is 11.8 Å². The third-order valence-electron chi connectivity index (χ3n) is 2.11. The number of hydrogen-bond donors (Lipinski definition) is 1. The summed E-state index contributed by atoms with van der Waals surface area (Å²) in [6, 6.07) is 0. The summed E-state index contributed by atoms with van der Waals surface area (Å²) < 4.78 is 0. The quantitative estimate of drug-likeness (QED) is 0.623. The summed E-state index contributed by atoms with van der Waals surface area (Å²) in [4.78, 5) is 0. The second-order valence-electron chi connectivity index (χ2n) is 3.08. The lowest BCUT2D eigenvalue weighted by Crippen LogP contribution is -2.18. The van der Waals surface area contributed by atoms with Gasteiger partial charge in [-0.2, -0.15) is 0 Å². The fourth-order valence-electron chi connectivity index (χ4n) is 1.34. The van der Waals surface area contributed by atoms with Crippen LogP contribution in [0.5, 0.6) is 0 Å². The van der Waals surface area contributed by atoms with Gasteiger partial charge in [0.05, 0.1) is 6.10 Å². The Balaban J connectivity index is 3.90. The highest BCUT2D eigenvalue weighted by Crippen LogP contribution is 2.17. The van der Waals surface area contributed by atoms with Gasteiger partial charge in [0, 0.05) is 13.3 Å². The monoisotopic (exact) mass is 167 g/mol. The minimum absolute atomic E-state index is 0.189. The zero-order chi connectivity index (χ0) is 9.40. The molecule has 0 saturated carbocycles. The van der Waals surface area contributed by atoms with Gasteiger partial charge < -0.3 is 5.11 Å². The Bertz CT molecular complexity index is 152. The Kier molecular flexibility index (Phi) is 6.90. The molecule has 0 aliphatic carbocycles. The molecule has 2 unspecified atom stereocenters. The van der Waals surface area contributed by atoms with Crippen molar-refractivity contribution in [2.24, 2.45) is 5.92 Å². The molecule has 0 bridgehead atoms. The molecule has 0 aromatic rings. The molecule has 0 spiro atoms. The molecule has 1 radical (unpaired) electrons. The number of aliphatic hydroxyl groups excluding tert-OH is 1. The summed E-state index contributed by atoms with van der Waals surface area (Å²) in [6.45, 7) is 7.60. The van der Waals surface area contributed by atoms with E-state index in [1.165, 1.54) is 0 Å². The number of rotatable bonds is 5. The van der Waals surface area contributed by atoms with Crippen molar-refractivity contribution >= 4 is 0 Å². The molecule has 0 aromatic heterocycles. The van der Waals surface area contributed by atoms with E-state index in [0.29, 0.717) is 5.92 Å². The lowest BCUT2D eigenvalue weighted by atomic mass is 9.92. The topological polar surface area (TPSA) is 20.2 Å². The first-order valence-electron chi connectivity index (χ1n) is 4.69. The highest BCUT2D eigenvalue weighted by Gasteiger charge is 2.14. The van der Waals surface area contributed by atoms with Gasteiger partial charge in [0.25, 0.3) is 0 Å². The Hall–Kier alpha value is -0.480. The first kappa shape index (κ1) is 11.5. The third-order valence-corrected chi connectivity index (χ3v) is 2.11. The van der Waals surface area contributed by atoms with Gasteiger partial charge in [-0.15, -0.1) is 11.8 Å². The second kappa shape index (κ2) is 7.18. The predicted octanol–water partition coefficient (Wildman–Crippen LogP) is 2.40. The average Bonchev–Trinajstić information content (AvgIpc) is 2.11. The van der Waals surface area contributed by atoms with E-state index in [4.69, 9.17) is 0 Å². The maximum atomic E-state index is 9.59. The SMILES string of the molecule is [CH2]C#CCC(CCC)C(O)CC. The normalized spacial score (nSPS) is 14.7. The largest absolute Gasteiger partial charge is 0.393 e. The Morgan fingerprint density at radius 1 is 1.42 bits per heavy atom. The van der Waals surface area contributed by atoms with E-state index in [9.17, 15) is 5.11 Å². The van der Waals surface area contributed by atoms with E-state index in [1.807, 2.05) is 6.92 Å². The molecule has 0 amide bonds. The summed E-state index contributed by atoms with van der Waals surface area (Å²) in [5.41, 5.74) is 0. The van der Waals surface area contributed by atoms with Crippen LogP contribution in [0.3, 0.4) is 0 Å². The van der Waals surface area contributed by atoms with Crippen LogP contribution in [-0.4, -0.2) is 11.2 Å². The van der Waals surface area contributed by atoms with Crippen molar-refractivity contribution in [2.45, 2.75) is 45.6 Å². The van der Waals surface area contributed by atoms with Gasteiger partial charge in [-0.3, -0.25) is 0 Å². The molecule has 12 heavy (non-hydrogen) atoms. The van der Waals surface area contributed by atoms with E-state index in [1.54, 1.807) is 0 Å². The summed E-state index contributed by atoms with van der Waals surface area (Å²) >= 11 is 0. The zero-order valence-corrected chi connectivity index (χ0v) is 8.14. The van der Waals surface area contributed by atoms with Crippen molar-refractivity contribution < 1.29 is 5.11 Å². The van der Waals surface area contributed by atoms with E-state index in [-0.39, 0.29) is 6.10 Å². The maximum absolute atomic E-state index is 9.59. The average molecular weight is 167 g/mol. The molecule has 0 aliphatic rings. The molecule has 1 nitrogen and oxygen atoms in total. The van der Waals surface area contributed by atoms with E-state index in [2.05, 4.69) is 25.7 Å². The van der Waals surface area contributed by atoms with Crippen LogP contribution in [0.25, 0.3) is 0 Å². The Morgan fingerprint density at radius 3 is 2.50 bits per heavy atom. The Labute approximate surface area is 76.2 Å². The summed E-state index contributed by atoms with van der Waals surface area (Å²) in [7, 11) is 0. The van der Waals surface area contributed by atoms with Crippen LogP contribution in [0.1, 0.15) is 39.5 Å². The zero-order valence-electron chi connectivity index (χ0n) is 8.14. The number of aliphatic hydroxyl groups is 1.